The molecule has 11 heteroatoms. The lowest BCUT2D eigenvalue weighted by atomic mass is 9.73. The Morgan fingerprint density at radius 1 is 1.00 bits per heavy atom. The number of amides is 3. The number of nitrogens with zero attached hydrogens (tertiary/aromatic N) is 3. The highest BCUT2D eigenvalue weighted by molar-refractivity contribution is 7.17. The number of rotatable bonds is 7. The highest BCUT2D eigenvalue weighted by atomic mass is 32.1. The summed E-state index contributed by atoms with van der Waals surface area (Å²) in [5.74, 6) is -0.621. The molecule has 3 heterocycles. The second-order valence-corrected chi connectivity index (χ2v) is 13.5. The Labute approximate surface area is 258 Å². The molecule has 0 radical (unpaired) electrons. The first-order chi connectivity index (χ1) is 20.7. The number of thiophene rings is 1. The molecule has 2 atom stereocenters. The van der Waals surface area contributed by atoms with Crippen molar-refractivity contribution in [1.82, 2.24) is 20.4 Å². The molecule has 222 valence electrons. The Hall–Kier alpha value is -3.93. The first-order valence-corrected chi connectivity index (χ1v) is 16.0. The van der Waals surface area contributed by atoms with Crippen molar-refractivity contribution in [2.45, 2.75) is 39.2 Å². The smallest absolute Gasteiger partial charge is 0.282 e. The lowest BCUT2D eigenvalue weighted by Crippen LogP contribution is -2.40. The van der Waals surface area contributed by atoms with Gasteiger partial charge in [-0.15, -0.1) is 21.5 Å². The largest absolute Gasteiger partial charge is 0.378 e. The topological polar surface area (TPSA) is 114 Å². The Morgan fingerprint density at radius 3 is 2.42 bits per heavy atom. The number of morpholine rings is 1. The molecule has 1 aliphatic heterocycles. The van der Waals surface area contributed by atoms with Crippen LogP contribution in [0.5, 0.6) is 0 Å². The van der Waals surface area contributed by atoms with Gasteiger partial charge in [0.1, 0.15) is 0 Å². The average molecular weight is 616 g/mol. The molecule has 6 rings (SSSR count). The maximum atomic E-state index is 13.9. The predicted octanol–water partition coefficient (Wildman–Crippen LogP) is 5.21. The molecule has 1 fully saturated rings. The van der Waals surface area contributed by atoms with E-state index in [0.29, 0.717) is 43.4 Å². The van der Waals surface area contributed by atoms with Gasteiger partial charge >= 0.3 is 0 Å². The zero-order valence-corrected chi connectivity index (χ0v) is 25.9. The van der Waals surface area contributed by atoms with Crippen molar-refractivity contribution in [2.24, 2.45) is 5.41 Å². The van der Waals surface area contributed by atoms with Crippen LogP contribution in [0.4, 0.5) is 5.13 Å². The van der Waals surface area contributed by atoms with Gasteiger partial charge in [0.25, 0.3) is 11.8 Å². The van der Waals surface area contributed by atoms with Crippen molar-refractivity contribution < 1.29 is 19.1 Å². The van der Waals surface area contributed by atoms with Crippen molar-refractivity contribution in [1.29, 1.82) is 0 Å². The zero-order valence-electron chi connectivity index (χ0n) is 24.3. The summed E-state index contributed by atoms with van der Waals surface area (Å²) in [6.45, 7) is 8.10. The number of hydrogen-bond acceptors (Lipinski definition) is 8. The minimum Gasteiger partial charge on any atom is -0.378 e. The van der Waals surface area contributed by atoms with Crippen molar-refractivity contribution in [3.63, 3.8) is 0 Å². The molecule has 2 N–H and O–H groups in total. The summed E-state index contributed by atoms with van der Waals surface area (Å²) in [5.41, 5.74) is 3.12. The van der Waals surface area contributed by atoms with Gasteiger partial charge in [-0.1, -0.05) is 53.8 Å². The van der Waals surface area contributed by atoms with Crippen LogP contribution in [0.25, 0.3) is 10.4 Å². The summed E-state index contributed by atoms with van der Waals surface area (Å²) in [6.07, 6.45) is 0.561. The van der Waals surface area contributed by atoms with E-state index in [9.17, 15) is 14.4 Å². The van der Waals surface area contributed by atoms with Crippen LogP contribution in [0.1, 0.15) is 62.9 Å². The van der Waals surface area contributed by atoms with Gasteiger partial charge in [-0.25, -0.2) is 0 Å². The molecule has 2 aromatic carbocycles. The Morgan fingerprint density at radius 2 is 1.72 bits per heavy atom. The molecule has 3 amide bonds. The molecule has 43 heavy (non-hydrogen) atoms. The van der Waals surface area contributed by atoms with E-state index in [1.165, 1.54) is 0 Å². The zero-order chi connectivity index (χ0) is 30.1. The number of fused-ring (bicyclic) bond motifs is 1. The minimum atomic E-state index is -0.776. The van der Waals surface area contributed by atoms with E-state index in [4.69, 9.17) is 4.74 Å². The van der Waals surface area contributed by atoms with Crippen molar-refractivity contribution >= 4 is 45.5 Å². The van der Waals surface area contributed by atoms with Crippen LogP contribution < -0.4 is 10.6 Å². The van der Waals surface area contributed by atoms with E-state index in [2.05, 4.69) is 39.0 Å². The number of aromatic nitrogens is 2. The molecule has 4 aromatic rings. The molecule has 0 bridgehead atoms. The fourth-order valence-electron chi connectivity index (χ4n) is 5.81. The minimum absolute atomic E-state index is 0.0255. The van der Waals surface area contributed by atoms with Crippen LogP contribution in [0, 0.1) is 5.41 Å². The Kier molecular flexibility index (Phi) is 8.13. The number of carbonyl (C=O) groups excluding carboxylic acids is 3. The summed E-state index contributed by atoms with van der Waals surface area (Å²) >= 11 is 2.75. The standard InChI is InChI=1S/C32H33N5O4S2/c1-19(2)33-27(38)28-35-36-31(43-28)34-30(40)32(3)18-25-23(26(32)21-7-5-4-6-8-21)17-24(42-25)20-9-11-22(12-10-20)29(39)37-13-15-41-16-14-37/h4-12,17,19,26H,13-16,18H2,1-3H3,(H,33,38)(H,34,36,40)/t26-,32+/m0/s1. The second-order valence-electron chi connectivity index (χ2n) is 11.4. The van der Waals surface area contributed by atoms with Gasteiger partial charge in [0.2, 0.25) is 16.0 Å². The lowest BCUT2D eigenvalue weighted by molar-refractivity contribution is -0.125. The number of hydrogen-bond donors (Lipinski definition) is 2. The lowest BCUT2D eigenvalue weighted by Gasteiger charge is -2.31. The van der Waals surface area contributed by atoms with Gasteiger partial charge in [0, 0.05) is 40.4 Å². The van der Waals surface area contributed by atoms with Crippen LogP contribution in [-0.2, 0) is 16.0 Å². The van der Waals surface area contributed by atoms with Crippen LogP contribution in [0.3, 0.4) is 0 Å². The van der Waals surface area contributed by atoms with Gasteiger partial charge in [-0.05, 0) is 62.1 Å². The molecule has 2 aliphatic rings. The highest BCUT2D eigenvalue weighted by Gasteiger charge is 2.50. The Bertz CT molecular complexity index is 1640. The summed E-state index contributed by atoms with van der Waals surface area (Å²) in [7, 11) is 0. The summed E-state index contributed by atoms with van der Waals surface area (Å²) < 4.78 is 5.38. The third-order valence-electron chi connectivity index (χ3n) is 7.94. The molecule has 0 saturated carbocycles. The molecular formula is C32H33N5O4S2. The molecular weight excluding hydrogens is 583 g/mol. The van der Waals surface area contributed by atoms with Crippen molar-refractivity contribution in [3.8, 4) is 10.4 Å². The van der Waals surface area contributed by atoms with E-state index in [-0.39, 0.29) is 34.7 Å². The normalized spacial score (nSPS) is 19.7. The van der Waals surface area contributed by atoms with Crippen LogP contribution in [0.2, 0.25) is 0 Å². The number of anilines is 1. The molecule has 2 aromatic heterocycles. The molecule has 1 aliphatic carbocycles. The average Bonchev–Trinajstić information content (AvgIpc) is 3.71. The van der Waals surface area contributed by atoms with Gasteiger partial charge < -0.3 is 15.0 Å². The van der Waals surface area contributed by atoms with E-state index >= 15 is 0 Å². The van der Waals surface area contributed by atoms with Gasteiger partial charge in [-0.3, -0.25) is 19.7 Å². The SMILES string of the molecule is CC(C)NC(=O)c1nnc(NC(=O)[C@]2(C)Cc3sc(-c4ccc(C(=O)N5CCOCC5)cc4)cc3[C@@H]2c2ccccc2)s1. The first kappa shape index (κ1) is 29.2. The maximum absolute atomic E-state index is 13.9. The molecule has 9 nitrogen and oxygen atoms in total. The van der Waals surface area contributed by atoms with E-state index in [1.54, 1.807) is 11.3 Å². The fourth-order valence-corrected chi connectivity index (χ4v) is 7.82. The van der Waals surface area contributed by atoms with Crippen molar-refractivity contribution in [3.05, 3.63) is 87.2 Å². The number of benzene rings is 2. The summed E-state index contributed by atoms with van der Waals surface area (Å²) in [6, 6.07) is 20.0. The second kappa shape index (κ2) is 12.0. The summed E-state index contributed by atoms with van der Waals surface area (Å²) in [5, 5.41) is 14.3. The third-order valence-corrected chi connectivity index (χ3v) is 9.98. The van der Waals surface area contributed by atoms with Crippen molar-refractivity contribution in [2.75, 3.05) is 31.6 Å². The van der Waals surface area contributed by atoms with E-state index in [1.807, 2.05) is 68.1 Å². The third kappa shape index (κ3) is 5.84. The quantitative estimate of drug-likeness (QED) is 0.295. The monoisotopic (exact) mass is 615 g/mol. The molecule has 0 spiro atoms. The number of nitrogens with one attached hydrogen (secondary N) is 2. The Balaban J connectivity index is 1.25. The van der Waals surface area contributed by atoms with E-state index in [0.717, 1.165) is 37.8 Å². The fraction of sp³-hybridized carbons (Fsp3) is 0.344. The summed E-state index contributed by atoms with van der Waals surface area (Å²) in [4.78, 5) is 43.3. The van der Waals surface area contributed by atoms with Crippen LogP contribution >= 0.6 is 22.7 Å². The van der Waals surface area contributed by atoms with Gasteiger partial charge in [0.05, 0.1) is 18.6 Å². The number of ether oxygens (including phenoxy) is 1. The highest BCUT2D eigenvalue weighted by Crippen LogP contribution is 2.55. The maximum Gasteiger partial charge on any atom is 0.282 e. The van der Waals surface area contributed by atoms with Gasteiger partial charge in [0.15, 0.2) is 0 Å². The first-order valence-electron chi connectivity index (χ1n) is 14.3. The van der Waals surface area contributed by atoms with Crippen LogP contribution in [-0.4, -0.2) is 65.2 Å². The van der Waals surface area contributed by atoms with Gasteiger partial charge in [-0.2, -0.15) is 0 Å². The van der Waals surface area contributed by atoms with E-state index < -0.39 is 5.41 Å². The predicted molar refractivity (Wildman–Crippen MR) is 168 cm³/mol. The number of carbonyl (C=O) groups is 3. The molecule has 1 saturated heterocycles. The molecule has 0 unspecified atom stereocenters. The van der Waals surface area contributed by atoms with Crippen LogP contribution in [0.15, 0.2) is 60.7 Å².